The number of rotatable bonds is 6. The lowest BCUT2D eigenvalue weighted by molar-refractivity contribution is 0.0357. The zero-order chi connectivity index (χ0) is 13.5. The van der Waals surface area contributed by atoms with Crippen LogP contribution in [0, 0.1) is 0 Å². The quantitative estimate of drug-likeness (QED) is 0.736. The highest BCUT2D eigenvalue weighted by Gasteiger charge is 2.09. The van der Waals surface area contributed by atoms with E-state index >= 15 is 0 Å². The molecule has 2 N–H and O–H groups in total. The third-order valence-corrected chi connectivity index (χ3v) is 2.86. The van der Waals surface area contributed by atoms with E-state index in [0.717, 1.165) is 39.3 Å². The van der Waals surface area contributed by atoms with Crippen LogP contribution in [0.3, 0.4) is 0 Å². The van der Waals surface area contributed by atoms with Gasteiger partial charge < -0.3 is 19.9 Å². The summed E-state index contributed by atoms with van der Waals surface area (Å²) in [6.45, 7) is 5.22. The van der Waals surface area contributed by atoms with Crippen LogP contribution in [-0.2, 0) is 4.74 Å². The molecule has 1 aromatic heterocycles. The molecule has 0 amide bonds. The largest absolute Gasteiger partial charge is 0.477 e. The molecule has 1 aliphatic heterocycles. The normalized spacial score (nSPS) is 16.3. The molecule has 0 atom stereocenters. The molecule has 0 radical (unpaired) electrons. The molecule has 0 aromatic carbocycles. The molecule has 1 saturated heterocycles. The summed E-state index contributed by atoms with van der Waals surface area (Å²) in [4.78, 5) is 10.3. The third kappa shape index (κ3) is 4.53. The van der Waals surface area contributed by atoms with Crippen molar-refractivity contribution >= 4 is 5.82 Å². The van der Waals surface area contributed by atoms with E-state index in [-0.39, 0.29) is 6.01 Å². The van der Waals surface area contributed by atoms with E-state index in [1.165, 1.54) is 7.11 Å². The Morgan fingerprint density at radius 2 is 2.16 bits per heavy atom. The summed E-state index contributed by atoms with van der Waals surface area (Å²) in [5, 5.41) is 0. The van der Waals surface area contributed by atoms with Crippen LogP contribution in [0.15, 0.2) is 6.07 Å². The van der Waals surface area contributed by atoms with Gasteiger partial charge in [0, 0.05) is 25.7 Å². The molecule has 1 aliphatic rings. The molecule has 0 bridgehead atoms. The highest BCUT2D eigenvalue weighted by Crippen LogP contribution is 2.15. The zero-order valence-corrected chi connectivity index (χ0v) is 11.2. The third-order valence-electron chi connectivity index (χ3n) is 2.86. The average molecular weight is 268 g/mol. The van der Waals surface area contributed by atoms with Gasteiger partial charge in [-0.05, 0) is 6.42 Å². The van der Waals surface area contributed by atoms with E-state index in [1.807, 2.05) is 0 Å². The maximum atomic E-state index is 5.62. The Morgan fingerprint density at radius 3 is 2.89 bits per heavy atom. The predicted molar refractivity (Wildman–Crippen MR) is 70.4 cm³/mol. The minimum absolute atomic E-state index is 0.225. The van der Waals surface area contributed by atoms with Crippen molar-refractivity contribution in [3.05, 3.63) is 6.07 Å². The second kappa shape index (κ2) is 7.10. The van der Waals surface area contributed by atoms with Crippen LogP contribution in [0.1, 0.15) is 6.42 Å². The van der Waals surface area contributed by atoms with Crippen molar-refractivity contribution in [2.45, 2.75) is 6.42 Å². The van der Waals surface area contributed by atoms with Crippen molar-refractivity contribution < 1.29 is 14.2 Å². The van der Waals surface area contributed by atoms with Crippen LogP contribution in [0.5, 0.6) is 11.9 Å². The van der Waals surface area contributed by atoms with Crippen LogP contribution in [0.2, 0.25) is 0 Å². The predicted octanol–water partition coefficient (Wildman–Crippen LogP) is 0.169. The maximum Gasteiger partial charge on any atom is 0.321 e. The van der Waals surface area contributed by atoms with Gasteiger partial charge in [-0.15, -0.1) is 0 Å². The smallest absolute Gasteiger partial charge is 0.321 e. The van der Waals surface area contributed by atoms with Crippen molar-refractivity contribution in [1.29, 1.82) is 0 Å². The average Bonchev–Trinajstić information content (AvgIpc) is 2.44. The zero-order valence-electron chi connectivity index (χ0n) is 11.2. The number of morpholine rings is 1. The monoisotopic (exact) mass is 268 g/mol. The fourth-order valence-electron chi connectivity index (χ4n) is 1.88. The summed E-state index contributed by atoms with van der Waals surface area (Å²) in [5.41, 5.74) is 5.62. The molecular weight excluding hydrogens is 248 g/mol. The first-order chi connectivity index (χ1) is 9.28. The first kappa shape index (κ1) is 13.8. The molecule has 0 saturated carbocycles. The van der Waals surface area contributed by atoms with Crippen LogP contribution in [0.4, 0.5) is 5.82 Å². The second-order valence-electron chi connectivity index (χ2n) is 4.27. The molecule has 106 valence electrons. The van der Waals surface area contributed by atoms with E-state index in [9.17, 15) is 0 Å². The van der Waals surface area contributed by atoms with E-state index in [0.29, 0.717) is 18.3 Å². The van der Waals surface area contributed by atoms with Gasteiger partial charge in [0.1, 0.15) is 5.82 Å². The number of nitrogens with zero attached hydrogens (tertiary/aromatic N) is 3. The maximum absolute atomic E-state index is 5.62. The number of hydrogen-bond donors (Lipinski definition) is 1. The van der Waals surface area contributed by atoms with E-state index in [1.54, 1.807) is 6.07 Å². The summed E-state index contributed by atoms with van der Waals surface area (Å²) < 4.78 is 15.8. The lowest BCUT2D eigenvalue weighted by atomic mass is 10.3. The topological polar surface area (TPSA) is 82.7 Å². The first-order valence-corrected chi connectivity index (χ1v) is 6.39. The molecule has 2 rings (SSSR count). The number of nitrogens with two attached hydrogens (primary N) is 1. The summed E-state index contributed by atoms with van der Waals surface area (Å²) in [7, 11) is 1.50. The summed E-state index contributed by atoms with van der Waals surface area (Å²) in [6.07, 6.45) is 0.937. The minimum Gasteiger partial charge on any atom is -0.477 e. The van der Waals surface area contributed by atoms with Gasteiger partial charge in [-0.2, -0.15) is 9.97 Å². The summed E-state index contributed by atoms with van der Waals surface area (Å²) in [5.74, 6) is 0.793. The Hall–Kier alpha value is -1.60. The van der Waals surface area contributed by atoms with Gasteiger partial charge in [0.15, 0.2) is 0 Å². The number of ether oxygens (including phenoxy) is 3. The van der Waals surface area contributed by atoms with Gasteiger partial charge in [-0.25, -0.2) is 0 Å². The van der Waals surface area contributed by atoms with Crippen molar-refractivity contribution in [2.24, 2.45) is 0 Å². The lowest BCUT2D eigenvalue weighted by Crippen LogP contribution is -2.37. The van der Waals surface area contributed by atoms with Gasteiger partial charge in [-0.1, -0.05) is 0 Å². The standard InChI is InChI=1S/C12H20N4O3/c1-17-12-14-10(13)9-11(15-12)19-6-2-3-16-4-7-18-8-5-16/h9H,2-8H2,1H3,(H2,13,14,15). The highest BCUT2D eigenvalue weighted by molar-refractivity contribution is 5.34. The number of methoxy groups -OCH3 is 1. The fourth-order valence-corrected chi connectivity index (χ4v) is 1.88. The highest BCUT2D eigenvalue weighted by atomic mass is 16.5. The van der Waals surface area contributed by atoms with Crippen molar-refractivity contribution in [1.82, 2.24) is 14.9 Å². The molecule has 0 aliphatic carbocycles. The Bertz CT molecular complexity index is 397. The Morgan fingerprint density at radius 1 is 1.37 bits per heavy atom. The Kier molecular flexibility index (Phi) is 5.17. The van der Waals surface area contributed by atoms with Gasteiger partial charge >= 0.3 is 6.01 Å². The van der Waals surface area contributed by atoms with Gasteiger partial charge in [0.2, 0.25) is 5.88 Å². The molecule has 2 heterocycles. The summed E-state index contributed by atoms with van der Waals surface area (Å²) >= 11 is 0. The van der Waals surface area contributed by atoms with E-state index < -0.39 is 0 Å². The lowest BCUT2D eigenvalue weighted by Gasteiger charge is -2.26. The molecular formula is C12H20N4O3. The molecule has 1 aromatic rings. The second-order valence-corrected chi connectivity index (χ2v) is 4.27. The summed E-state index contributed by atoms with van der Waals surface area (Å²) in [6, 6.07) is 1.82. The Balaban J connectivity index is 1.71. The molecule has 0 unspecified atom stereocenters. The number of anilines is 1. The van der Waals surface area contributed by atoms with Crippen molar-refractivity contribution in [3.63, 3.8) is 0 Å². The Labute approximate surface area is 112 Å². The van der Waals surface area contributed by atoms with Crippen molar-refractivity contribution in [2.75, 3.05) is 52.3 Å². The van der Waals surface area contributed by atoms with Crippen LogP contribution in [0.25, 0.3) is 0 Å². The van der Waals surface area contributed by atoms with Crippen LogP contribution >= 0.6 is 0 Å². The minimum atomic E-state index is 0.225. The SMILES string of the molecule is COc1nc(N)cc(OCCCN2CCOCC2)n1. The van der Waals surface area contributed by atoms with Gasteiger partial charge in [0.05, 0.1) is 26.9 Å². The first-order valence-electron chi connectivity index (χ1n) is 6.39. The number of aromatic nitrogens is 2. The molecule has 7 nitrogen and oxygen atoms in total. The molecule has 0 spiro atoms. The van der Waals surface area contributed by atoms with Gasteiger partial charge in [-0.3, -0.25) is 4.90 Å². The van der Waals surface area contributed by atoms with Crippen LogP contribution < -0.4 is 15.2 Å². The molecule has 19 heavy (non-hydrogen) atoms. The number of hydrogen-bond acceptors (Lipinski definition) is 7. The number of nitrogen functional groups attached to an aromatic ring is 1. The molecule has 1 fully saturated rings. The van der Waals surface area contributed by atoms with E-state index in [4.69, 9.17) is 19.9 Å². The van der Waals surface area contributed by atoms with E-state index in [2.05, 4.69) is 14.9 Å². The molecule has 7 heteroatoms. The van der Waals surface area contributed by atoms with Crippen molar-refractivity contribution in [3.8, 4) is 11.9 Å². The fraction of sp³-hybridized carbons (Fsp3) is 0.667. The van der Waals surface area contributed by atoms with Gasteiger partial charge in [0.25, 0.3) is 0 Å². The van der Waals surface area contributed by atoms with Crippen LogP contribution in [-0.4, -0.2) is 61.4 Å².